The highest BCUT2D eigenvalue weighted by molar-refractivity contribution is 7.18. The first-order chi connectivity index (χ1) is 14.7. The number of aromatic nitrogens is 2. The van der Waals surface area contributed by atoms with Crippen LogP contribution in [0, 0.1) is 0 Å². The van der Waals surface area contributed by atoms with Crippen LogP contribution in [-0.2, 0) is 6.42 Å². The Labute approximate surface area is 178 Å². The Morgan fingerprint density at radius 1 is 1.03 bits per heavy atom. The standard InChI is InChI=1S/C23H22N4O2S/c1-2-17-14-19-21(24-15-25-22(19)30-17)26-10-12-27(13-11-26)23(28)29-20-9-5-7-16-6-3-4-8-18(16)20/h3-9,14-15H,2,10-13H2,1H3. The molecule has 30 heavy (non-hydrogen) atoms. The minimum absolute atomic E-state index is 0.303. The van der Waals surface area contributed by atoms with E-state index in [2.05, 4.69) is 27.9 Å². The number of hydrogen-bond acceptors (Lipinski definition) is 6. The highest BCUT2D eigenvalue weighted by Gasteiger charge is 2.25. The molecule has 1 aliphatic rings. The van der Waals surface area contributed by atoms with Crippen molar-refractivity contribution in [1.82, 2.24) is 14.9 Å². The van der Waals surface area contributed by atoms with Gasteiger partial charge in [-0.25, -0.2) is 14.8 Å². The highest BCUT2D eigenvalue weighted by Crippen LogP contribution is 2.31. The number of fused-ring (bicyclic) bond motifs is 2. The SMILES string of the molecule is CCc1cc2c(N3CCN(C(=O)Oc4cccc5ccccc45)CC3)ncnc2s1. The van der Waals surface area contributed by atoms with Crippen molar-refractivity contribution in [3.05, 3.63) is 59.7 Å². The second-order valence-electron chi connectivity index (χ2n) is 7.30. The number of piperazine rings is 1. The van der Waals surface area contributed by atoms with E-state index in [0.29, 0.717) is 31.9 Å². The van der Waals surface area contributed by atoms with Crippen LogP contribution in [-0.4, -0.2) is 47.1 Å². The number of amides is 1. The van der Waals surface area contributed by atoms with Gasteiger partial charge in [0.2, 0.25) is 0 Å². The van der Waals surface area contributed by atoms with Crippen molar-refractivity contribution in [1.29, 1.82) is 0 Å². The van der Waals surface area contributed by atoms with E-state index in [9.17, 15) is 4.79 Å². The van der Waals surface area contributed by atoms with Gasteiger partial charge in [-0.1, -0.05) is 43.3 Å². The summed E-state index contributed by atoms with van der Waals surface area (Å²) in [5.74, 6) is 1.56. The normalized spacial score (nSPS) is 14.4. The van der Waals surface area contributed by atoms with Gasteiger partial charge < -0.3 is 14.5 Å². The molecule has 5 rings (SSSR count). The molecule has 0 saturated carbocycles. The lowest BCUT2D eigenvalue weighted by atomic mass is 10.1. The lowest BCUT2D eigenvalue weighted by Crippen LogP contribution is -2.50. The molecule has 0 spiro atoms. The van der Waals surface area contributed by atoms with Gasteiger partial charge in [-0.05, 0) is 23.9 Å². The molecule has 0 unspecified atom stereocenters. The van der Waals surface area contributed by atoms with Crippen LogP contribution in [0.1, 0.15) is 11.8 Å². The van der Waals surface area contributed by atoms with Gasteiger partial charge in [-0.2, -0.15) is 0 Å². The number of thiophene rings is 1. The van der Waals surface area contributed by atoms with Gasteiger partial charge in [0.1, 0.15) is 22.7 Å². The molecule has 0 N–H and O–H groups in total. The van der Waals surface area contributed by atoms with Gasteiger partial charge >= 0.3 is 6.09 Å². The average molecular weight is 419 g/mol. The molecular weight excluding hydrogens is 396 g/mol. The number of aryl methyl sites for hydroxylation is 1. The fourth-order valence-electron chi connectivity index (χ4n) is 3.86. The monoisotopic (exact) mass is 418 g/mol. The summed E-state index contributed by atoms with van der Waals surface area (Å²) < 4.78 is 5.74. The van der Waals surface area contributed by atoms with E-state index in [-0.39, 0.29) is 6.09 Å². The van der Waals surface area contributed by atoms with Crippen molar-refractivity contribution in [3.63, 3.8) is 0 Å². The number of ether oxygens (including phenoxy) is 1. The summed E-state index contributed by atoms with van der Waals surface area (Å²) in [5.41, 5.74) is 0. The topological polar surface area (TPSA) is 58.6 Å². The van der Waals surface area contributed by atoms with Crippen LogP contribution in [0.5, 0.6) is 5.75 Å². The van der Waals surface area contributed by atoms with Crippen LogP contribution in [0.25, 0.3) is 21.0 Å². The van der Waals surface area contributed by atoms with Gasteiger partial charge in [0.05, 0.1) is 5.39 Å². The second-order valence-corrected chi connectivity index (χ2v) is 8.42. The van der Waals surface area contributed by atoms with Gasteiger partial charge in [-0.15, -0.1) is 11.3 Å². The summed E-state index contributed by atoms with van der Waals surface area (Å²) in [6.07, 6.45) is 2.32. The van der Waals surface area contributed by atoms with Crippen LogP contribution < -0.4 is 9.64 Å². The number of benzene rings is 2. The van der Waals surface area contributed by atoms with Crippen molar-refractivity contribution < 1.29 is 9.53 Å². The lowest BCUT2D eigenvalue weighted by Gasteiger charge is -2.34. The summed E-state index contributed by atoms with van der Waals surface area (Å²) in [6, 6.07) is 15.9. The van der Waals surface area contributed by atoms with Crippen molar-refractivity contribution in [3.8, 4) is 5.75 Å². The Morgan fingerprint density at radius 3 is 2.67 bits per heavy atom. The summed E-state index contributed by atoms with van der Waals surface area (Å²) in [5, 5.41) is 3.10. The third-order valence-corrected chi connectivity index (χ3v) is 6.68. The zero-order valence-corrected chi connectivity index (χ0v) is 17.6. The first-order valence-electron chi connectivity index (χ1n) is 10.2. The van der Waals surface area contributed by atoms with E-state index in [1.807, 2.05) is 42.5 Å². The van der Waals surface area contributed by atoms with Crippen LogP contribution >= 0.6 is 11.3 Å². The molecular formula is C23H22N4O2S. The first-order valence-corrected chi connectivity index (χ1v) is 11.0. The lowest BCUT2D eigenvalue weighted by molar-refractivity contribution is 0.150. The molecule has 0 bridgehead atoms. The van der Waals surface area contributed by atoms with E-state index in [4.69, 9.17) is 4.74 Å². The van der Waals surface area contributed by atoms with Gasteiger partial charge in [0, 0.05) is 36.4 Å². The molecule has 152 valence electrons. The highest BCUT2D eigenvalue weighted by atomic mass is 32.1. The minimum atomic E-state index is -0.303. The number of hydrogen-bond donors (Lipinski definition) is 0. The van der Waals surface area contributed by atoms with Crippen LogP contribution in [0.3, 0.4) is 0 Å². The fraction of sp³-hybridized carbons (Fsp3) is 0.261. The molecule has 2 aromatic carbocycles. The number of carbonyl (C=O) groups is 1. The molecule has 1 saturated heterocycles. The third kappa shape index (κ3) is 3.45. The Morgan fingerprint density at radius 2 is 1.83 bits per heavy atom. The summed E-state index contributed by atoms with van der Waals surface area (Å²) in [6.45, 7) is 4.78. The van der Waals surface area contributed by atoms with Crippen molar-refractivity contribution in [2.24, 2.45) is 0 Å². The molecule has 0 radical (unpaired) electrons. The summed E-state index contributed by atoms with van der Waals surface area (Å²) >= 11 is 1.72. The maximum atomic E-state index is 12.8. The zero-order valence-electron chi connectivity index (χ0n) is 16.7. The van der Waals surface area contributed by atoms with Crippen LogP contribution in [0.15, 0.2) is 54.9 Å². The molecule has 0 atom stereocenters. The average Bonchev–Trinajstić information content (AvgIpc) is 3.23. The van der Waals surface area contributed by atoms with Gasteiger partial charge in [0.15, 0.2) is 0 Å². The van der Waals surface area contributed by atoms with Gasteiger partial charge in [-0.3, -0.25) is 0 Å². The molecule has 1 aliphatic heterocycles. The molecule has 7 heteroatoms. The van der Waals surface area contributed by atoms with Crippen molar-refractivity contribution in [2.45, 2.75) is 13.3 Å². The zero-order chi connectivity index (χ0) is 20.5. The molecule has 2 aromatic heterocycles. The number of carbonyl (C=O) groups excluding carboxylic acids is 1. The molecule has 4 aromatic rings. The molecule has 1 fully saturated rings. The van der Waals surface area contributed by atoms with E-state index in [1.165, 1.54) is 4.88 Å². The molecule has 0 aliphatic carbocycles. The molecule has 1 amide bonds. The maximum absolute atomic E-state index is 12.8. The Bertz CT molecular complexity index is 1210. The van der Waals surface area contributed by atoms with E-state index >= 15 is 0 Å². The first kappa shape index (κ1) is 18.8. The summed E-state index contributed by atoms with van der Waals surface area (Å²) in [7, 11) is 0. The largest absolute Gasteiger partial charge is 0.415 e. The fourth-order valence-corrected chi connectivity index (χ4v) is 4.79. The second kappa shape index (κ2) is 7.91. The molecule has 3 heterocycles. The van der Waals surface area contributed by atoms with E-state index in [0.717, 1.165) is 33.2 Å². The van der Waals surface area contributed by atoms with Gasteiger partial charge in [0.25, 0.3) is 0 Å². The van der Waals surface area contributed by atoms with E-state index in [1.54, 1.807) is 22.6 Å². The Hall–Kier alpha value is -3.19. The maximum Gasteiger partial charge on any atom is 0.415 e. The predicted octanol–water partition coefficient (Wildman–Crippen LogP) is 4.73. The number of anilines is 1. The minimum Gasteiger partial charge on any atom is -0.410 e. The Balaban J connectivity index is 1.29. The summed E-state index contributed by atoms with van der Waals surface area (Å²) in [4.78, 5) is 28.1. The molecule has 6 nitrogen and oxygen atoms in total. The third-order valence-electron chi connectivity index (χ3n) is 5.49. The van der Waals surface area contributed by atoms with Crippen molar-refractivity contribution >= 4 is 44.2 Å². The van der Waals surface area contributed by atoms with Crippen LogP contribution in [0.2, 0.25) is 0 Å². The van der Waals surface area contributed by atoms with Crippen LogP contribution in [0.4, 0.5) is 10.6 Å². The smallest absolute Gasteiger partial charge is 0.410 e. The number of nitrogens with zero attached hydrogens (tertiary/aromatic N) is 4. The van der Waals surface area contributed by atoms with E-state index < -0.39 is 0 Å². The Kier molecular flexibility index (Phi) is 4.96. The number of rotatable bonds is 3. The predicted molar refractivity (Wildman–Crippen MR) is 121 cm³/mol. The quantitative estimate of drug-likeness (QED) is 0.481. The van der Waals surface area contributed by atoms with Crippen molar-refractivity contribution in [2.75, 3.05) is 31.1 Å².